The van der Waals surface area contributed by atoms with Gasteiger partial charge in [-0.2, -0.15) is 0 Å². The second-order valence-corrected chi connectivity index (χ2v) is 5.65. The van der Waals surface area contributed by atoms with E-state index in [1.807, 2.05) is 20.8 Å². The Morgan fingerprint density at radius 3 is 2.08 bits per heavy atom. The van der Waals surface area contributed by atoms with Gasteiger partial charge < -0.3 is 0 Å². The smallest absolute Gasteiger partial charge is 0.211 e. The van der Waals surface area contributed by atoms with Crippen LogP contribution in [0.2, 0.25) is 0 Å². The molecule has 0 fully saturated rings. The highest BCUT2D eigenvalue weighted by molar-refractivity contribution is 7.89. The molecule has 0 bridgehead atoms. The Morgan fingerprint density at radius 2 is 1.75 bits per heavy atom. The molecule has 0 rings (SSSR count). The van der Waals surface area contributed by atoms with Gasteiger partial charge in [0.15, 0.2) is 0 Å². The predicted molar refractivity (Wildman–Crippen MR) is 51.6 cm³/mol. The minimum Gasteiger partial charge on any atom is -0.212 e. The Kier molecular flexibility index (Phi) is 4.20. The van der Waals surface area contributed by atoms with Crippen LogP contribution in [0.4, 0.5) is 0 Å². The van der Waals surface area contributed by atoms with Crippen molar-refractivity contribution < 1.29 is 8.42 Å². The molecule has 4 heteroatoms. The Bertz CT molecular complexity index is 219. The van der Waals surface area contributed by atoms with Gasteiger partial charge in [0, 0.05) is 5.54 Å². The van der Waals surface area contributed by atoms with Crippen molar-refractivity contribution in [3.8, 4) is 0 Å². The molecule has 0 aromatic heterocycles. The molecular weight excluding hydrogens is 174 g/mol. The van der Waals surface area contributed by atoms with E-state index < -0.39 is 10.0 Å². The lowest BCUT2D eigenvalue weighted by atomic mass is 10.0. The minimum absolute atomic E-state index is 0.153. The van der Waals surface area contributed by atoms with Crippen molar-refractivity contribution in [1.29, 1.82) is 0 Å². The summed E-state index contributed by atoms with van der Waals surface area (Å²) in [6.45, 7) is 7.50. The third-order valence-electron chi connectivity index (χ3n) is 1.69. The first-order valence-electron chi connectivity index (χ1n) is 4.34. The van der Waals surface area contributed by atoms with Crippen LogP contribution in [-0.2, 0) is 10.0 Å². The SMILES string of the molecule is CCCC(C)(C)NS(=O)(=O)CC. The van der Waals surface area contributed by atoms with E-state index in [9.17, 15) is 8.42 Å². The Balaban J connectivity index is 4.24. The average Bonchev–Trinajstić information content (AvgIpc) is 1.85. The van der Waals surface area contributed by atoms with Gasteiger partial charge in [0.2, 0.25) is 10.0 Å². The fraction of sp³-hybridized carbons (Fsp3) is 1.00. The van der Waals surface area contributed by atoms with Crippen molar-refractivity contribution >= 4 is 10.0 Å². The van der Waals surface area contributed by atoms with E-state index in [1.165, 1.54) is 0 Å². The summed E-state index contributed by atoms with van der Waals surface area (Å²) in [4.78, 5) is 0. The fourth-order valence-electron chi connectivity index (χ4n) is 1.17. The molecule has 3 nitrogen and oxygen atoms in total. The molecule has 0 spiro atoms. The summed E-state index contributed by atoms with van der Waals surface area (Å²) in [5, 5.41) is 0. The predicted octanol–water partition coefficient (Wildman–Crippen LogP) is 1.50. The van der Waals surface area contributed by atoms with Gasteiger partial charge in [-0.1, -0.05) is 13.3 Å². The molecule has 0 saturated heterocycles. The number of rotatable bonds is 5. The topological polar surface area (TPSA) is 46.2 Å². The van der Waals surface area contributed by atoms with E-state index >= 15 is 0 Å². The number of sulfonamides is 1. The first kappa shape index (κ1) is 11.9. The van der Waals surface area contributed by atoms with Gasteiger partial charge in [0.05, 0.1) is 5.75 Å². The second-order valence-electron chi connectivity index (χ2n) is 3.64. The zero-order valence-corrected chi connectivity index (χ0v) is 9.16. The van der Waals surface area contributed by atoms with Crippen molar-refractivity contribution in [3.63, 3.8) is 0 Å². The quantitative estimate of drug-likeness (QED) is 0.719. The fourth-order valence-corrected chi connectivity index (χ4v) is 2.26. The van der Waals surface area contributed by atoms with Crippen LogP contribution < -0.4 is 4.72 Å². The largest absolute Gasteiger partial charge is 0.212 e. The van der Waals surface area contributed by atoms with Gasteiger partial charge in [-0.25, -0.2) is 13.1 Å². The molecule has 0 saturated carbocycles. The molecule has 1 N–H and O–H groups in total. The summed E-state index contributed by atoms with van der Waals surface area (Å²) < 4.78 is 25.0. The molecule has 0 atom stereocenters. The summed E-state index contributed by atoms with van der Waals surface area (Å²) in [6.07, 6.45) is 1.85. The highest BCUT2D eigenvalue weighted by Gasteiger charge is 2.22. The van der Waals surface area contributed by atoms with E-state index in [0.717, 1.165) is 12.8 Å². The number of nitrogens with one attached hydrogen (secondary N) is 1. The third-order valence-corrected chi connectivity index (χ3v) is 3.31. The van der Waals surface area contributed by atoms with Crippen LogP contribution in [0, 0.1) is 0 Å². The maximum atomic E-state index is 11.2. The maximum absolute atomic E-state index is 11.2. The van der Waals surface area contributed by atoms with E-state index in [0.29, 0.717) is 0 Å². The molecule has 0 aromatic rings. The second kappa shape index (κ2) is 4.23. The monoisotopic (exact) mass is 193 g/mol. The first-order chi connectivity index (χ1) is 5.33. The van der Waals surface area contributed by atoms with Crippen LogP contribution >= 0.6 is 0 Å². The summed E-state index contributed by atoms with van der Waals surface area (Å²) >= 11 is 0. The van der Waals surface area contributed by atoms with Crippen molar-refractivity contribution in [2.24, 2.45) is 0 Å². The molecule has 0 aliphatic carbocycles. The van der Waals surface area contributed by atoms with Gasteiger partial charge >= 0.3 is 0 Å². The standard InChI is InChI=1S/C8H19NO2S/c1-5-7-8(3,4)9-12(10,11)6-2/h9H,5-7H2,1-4H3. The van der Waals surface area contributed by atoms with Crippen LogP contribution in [0.3, 0.4) is 0 Å². The van der Waals surface area contributed by atoms with Crippen LogP contribution in [-0.4, -0.2) is 19.7 Å². The van der Waals surface area contributed by atoms with Gasteiger partial charge in [-0.3, -0.25) is 0 Å². The molecule has 0 aromatic carbocycles. The lowest BCUT2D eigenvalue weighted by Crippen LogP contribution is -2.43. The molecule has 12 heavy (non-hydrogen) atoms. The number of hydrogen-bond acceptors (Lipinski definition) is 2. The molecular formula is C8H19NO2S. The summed E-state index contributed by atoms with van der Waals surface area (Å²) in [5.41, 5.74) is -0.302. The molecule has 0 heterocycles. The molecule has 0 unspecified atom stereocenters. The summed E-state index contributed by atoms with van der Waals surface area (Å²) in [6, 6.07) is 0. The third kappa shape index (κ3) is 4.72. The van der Waals surface area contributed by atoms with Crippen molar-refractivity contribution in [1.82, 2.24) is 4.72 Å². The molecule has 0 radical (unpaired) electrons. The van der Waals surface area contributed by atoms with Crippen LogP contribution in [0.1, 0.15) is 40.5 Å². The van der Waals surface area contributed by atoms with E-state index in [-0.39, 0.29) is 11.3 Å². The molecule has 74 valence electrons. The maximum Gasteiger partial charge on any atom is 0.211 e. The van der Waals surface area contributed by atoms with Crippen LogP contribution in [0.25, 0.3) is 0 Å². The normalized spacial score (nSPS) is 13.3. The molecule has 0 aliphatic heterocycles. The van der Waals surface area contributed by atoms with Crippen molar-refractivity contribution in [2.45, 2.75) is 46.1 Å². The molecule has 0 aliphatic rings. The Hall–Kier alpha value is -0.0900. The lowest BCUT2D eigenvalue weighted by Gasteiger charge is -2.24. The van der Waals surface area contributed by atoms with Gasteiger partial charge in [0.25, 0.3) is 0 Å². The minimum atomic E-state index is -3.05. The zero-order valence-electron chi connectivity index (χ0n) is 8.35. The summed E-state index contributed by atoms with van der Waals surface area (Å²) in [5.74, 6) is 0.153. The van der Waals surface area contributed by atoms with Gasteiger partial charge in [-0.05, 0) is 27.2 Å². The molecule has 0 amide bonds. The van der Waals surface area contributed by atoms with Gasteiger partial charge in [-0.15, -0.1) is 0 Å². The Labute approximate surface area is 75.6 Å². The summed E-state index contributed by atoms with van der Waals surface area (Å²) in [7, 11) is -3.05. The van der Waals surface area contributed by atoms with Crippen molar-refractivity contribution in [2.75, 3.05) is 5.75 Å². The highest BCUT2D eigenvalue weighted by Crippen LogP contribution is 2.11. The van der Waals surface area contributed by atoms with E-state index in [1.54, 1.807) is 6.92 Å². The average molecular weight is 193 g/mol. The van der Waals surface area contributed by atoms with E-state index in [2.05, 4.69) is 4.72 Å². The highest BCUT2D eigenvalue weighted by atomic mass is 32.2. The van der Waals surface area contributed by atoms with Gasteiger partial charge in [0.1, 0.15) is 0 Å². The number of hydrogen-bond donors (Lipinski definition) is 1. The van der Waals surface area contributed by atoms with Crippen LogP contribution in [0.15, 0.2) is 0 Å². The Morgan fingerprint density at radius 1 is 1.25 bits per heavy atom. The van der Waals surface area contributed by atoms with Crippen molar-refractivity contribution in [3.05, 3.63) is 0 Å². The first-order valence-corrected chi connectivity index (χ1v) is 6.00. The van der Waals surface area contributed by atoms with Crippen LogP contribution in [0.5, 0.6) is 0 Å². The lowest BCUT2D eigenvalue weighted by molar-refractivity contribution is 0.418. The zero-order chi connectivity index (χ0) is 9.83. The van der Waals surface area contributed by atoms with E-state index in [4.69, 9.17) is 0 Å².